The molecule has 0 spiro atoms. The summed E-state index contributed by atoms with van der Waals surface area (Å²) in [5.74, 6) is 0.564. The van der Waals surface area contributed by atoms with Crippen LogP contribution in [0.25, 0.3) is 11.4 Å². The summed E-state index contributed by atoms with van der Waals surface area (Å²) >= 11 is 0. The van der Waals surface area contributed by atoms with Gasteiger partial charge in [0, 0.05) is 12.1 Å². The molecule has 0 aliphatic carbocycles. The number of nitrogens with zero attached hydrogens (tertiary/aromatic N) is 2. The molecule has 27 heavy (non-hydrogen) atoms. The number of aromatic nitrogens is 2. The van der Waals surface area contributed by atoms with Crippen LogP contribution in [0.5, 0.6) is 0 Å². The van der Waals surface area contributed by atoms with Gasteiger partial charge in [-0.05, 0) is 24.5 Å². The second-order valence-corrected chi connectivity index (χ2v) is 6.75. The standard InChI is InChI=1S/C19H26F3N3O2/c1-4-7-15(26)11-23-16(12(3)5-2)18-24-17(25-27-18)13-8-6-9-14(10-13)19(20,21)22/h6,8-10,12,15-16,23,26H,4-5,7,11H2,1-3H3. The molecule has 2 N–H and O–H groups in total. The molecule has 0 aliphatic heterocycles. The molecule has 0 fully saturated rings. The fraction of sp³-hybridized carbons (Fsp3) is 0.579. The van der Waals surface area contributed by atoms with Gasteiger partial charge in [-0.1, -0.05) is 50.9 Å². The summed E-state index contributed by atoms with van der Waals surface area (Å²) in [5, 5.41) is 17.1. The van der Waals surface area contributed by atoms with Gasteiger partial charge in [-0.25, -0.2) is 0 Å². The van der Waals surface area contributed by atoms with E-state index in [1.165, 1.54) is 12.1 Å². The van der Waals surface area contributed by atoms with Crippen molar-refractivity contribution in [3.63, 3.8) is 0 Å². The minimum Gasteiger partial charge on any atom is -0.392 e. The van der Waals surface area contributed by atoms with Crippen LogP contribution < -0.4 is 5.32 Å². The van der Waals surface area contributed by atoms with E-state index < -0.39 is 17.8 Å². The molecule has 0 amide bonds. The van der Waals surface area contributed by atoms with Crippen LogP contribution in [0.4, 0.5) is 13.2 Å². The Balaban J connectivity index is 2.22. The minimum absolute atomic E-state index is 0.111. The fourth-order valence-corrected chi connectivity index (χ4v) is 2.78. The van der Waals surface area contributed by atoms with E-state index in [1.807, 2.05) is 20.8 Å². The van der Waals surface area contributed by atoms with Gasteiger partial charge in [-0.15, -0.1) is 0 Å². The van der Waals surface area contributed by atoms with Crippen molar-refractivity contribution >= 4 is 0 Å². The third kappa shape index (κ3) is 5.77. The van der Waals surface area contributed by atoms with Gasteiger partial charge < -0.3 is 14.9 Å². The Morgan fingerprint density at radius 2 is 2.00 bits per heavy atom. The number of nitrogens with one attached hydrogen (secondary N) is 1. The monoisotopic (exact) mass is 385 g/mol. The number of halogens is 3. The summed E-state index contributed by atoms with van der Waals surface area (Å²) in [6.07, 6.45) is -2.52. The molecule has 2 aromatic rings. The van der Waals surface area contributed by atoms with Gasteiger partial charge in [0.2, 0.25) is 11.7 Å². The highest BCUT2D eigenvalue weighted by Crippen LogP contribution is 2.32. The zero-order valence-corrected chi connectivity index (χ0v) is 15.8. The summed E-state index contributed by atoms with van der Waals surface area (Å²) in [6.45, 7) is 6.41. The lowest BCUT2D eigenvalue weighted by atomic mass is 9.98. The molecule has 1 heterocycles. The molecule has 3 unspecified atom stereocenters. The van der Waals surface area contributed by atoms with Crippen LogP contribution >= 0.6 is 0 Å². The van der Waals surface area contributed by atoms with Gasteiger partial charge in [-0.2, -0.15) is 18.2 Å². The van der Waals surface area contributed by atoms with E-state index >= 15 is 0 Å². The Bertz CT molecular complexity index is 718. The lowest BCUT2D eigenvalue weighted by Gasteiger charge is -2.22. The second-order valence-electron chi connectivity index (χ2n) is 6.75. The Morgan fingerprint density at radius 1 is 1.26 bits per heavy atom. The molecule has 8 heteroatoms. The number of rotatable bonds is 9. The van der Waals surface area contributed by atoms with Crippen molar-refractivity contribution in [3.8, 4) is 11.4 Å². The molecular formula is C19H26F3N3O2. The zero-order chi connectivity index (χ0) is 20.0. The average molecular weight is 385 g/mol. The van der Waals surface area contributed by atoms with Crippen molar-refractivity contribution in [2.75, 3.05) is 6.54 Å². The first kappa shape index (κ1) is 21.4. The first-order chi connectivity index (χ1) is 12.8. The average Bonchev–Trinajstić information content (AvgIpc) is 3.11. The van der Waals surface area contributed by atoms with E-state index in [1.54, 1.807) is 0 Å². The predicted molar refractivity (Wildman–Crippen MR) is 95.8 cm³/mol. The zero-order valence-electron chi connectivity index (χ0n) is 15.8. The molecule has 150 valence electrons. The summed E-state index contributed by atoms with van der Waals surface area (Å²) in [4.78, 5) is 4.31. The van der Waals surface area contributed by atoms with E-state index in [0.29, 0.717) is 18.9 Å². The van der Waals surface area contributed by atoms with Crippen molar-refractivity contribution in [3.05, 3.63) is 35.7 Å². The van der Waals surface area contributed by atoms with Crippen molar-refractivity contribution < 1.29 is 22.8 Å². The molecule has 0 bridgehead atoms. The van der Waals surface area contributed by atoms with E-state index in [0.717, 1.165) is 25.0 Å². The topological polar surface area (TPSA) is 71.2 Å². The normalized spacial score (nSPS) is 15.5. The highest BCUT2D eigenvalue weighted by atomic mass is 19.4. The van der Waals surface area contributed by atoms with Crippen LogP contribution in [0.3, 0.4) is 0 Å². The van der Waals surface area contributed by atoms with Gasteiger partial charge in [0.1, 0.15) is 0 Å². The number of aliphatic hydroxyl groups excluding tert-OH is 1. The minimum atomic E-state index is -4.43. The van der Waals surface area contributed by atoms with Crippen LogP contribution in [-0.4, -0.2) is 27.9 Å². The maximum absolute atomic E-state index is 12.9. The van der Waals surface area contributed by atoms with E-state index in [4.69, 9.17) is 4.52 Å². The summed E-state index contributed by atoms with van der Waals surface area (Å²) in [5.41, 5.74) is -0.514. The third-order valence-electron chi connectivity index (χ3n) is 4.56. The van der Waals surface area contributed by atoms with E-state index in [9.17, 15) is 18.3 Å². The second kappa shape index (κ2) is 9.32. The van der Waals surface area contributed by atoms with Crippen molar-refractivity contribution in [2.24, 2.45) is 5.92 Å². The highest BCUT2D eigenvalue weighted by Gasteiger charge is 2.31. The first-order valence-corrected chi connectivity index (χ1v) is 9.18. The molecule has 0 saturated carbocycles. The van der Waals surface area contributed by atoms with Crippen LogP contribution in [0, 0.1) is 5.92 Å². The van der Waals surface area contributed by atoms with Crippen LogP contribution in [0.15, 0.2) is 28.8 Å². The van der Waals surface area contributed by atoms with Crippen molar-refractivity contribution in [2.45, 2.75) is 58.4 Å². The van der Waals surface area contributed by atoms with E-state index in [-0.39, 0.29) is 23.3 Å². The van der Waals surface area contributed by atoms with Crippen LogP contribution in [-0.2, 0) is 6.18 Å². The Labute approximate surface area is 157 Å². The Morgan fingerprint density at radius 3 is 2.63 bits per heavy atom. The molecule has 1 aromatic carbocycles. The number of benzene rings is 1. The quantitative estimate of drug-likeness (QED) is 0.660. The molecule has 3 atom stereocenters. The number of hydrogen-bond donors (Lipinski definition) is 2. The number of alkyl halides is 3. The van der Waals surface area contributed by atoms with Crippen molar-refractivity contribution in [1.82, 2.24) is 15.5 Å². The highest BCUT2D eigenvalue weighted by molar-refractivity contribution is 5.55. The molecule has 0 aliphatic rings. The molecule has 0 saturated heterocycles. The van der Waals surface area contributed by atoms with Gasteiger partial charge in [0.15, 0.2) is 0 Å². The Hall–Kier alpha value is -1.93. The van der Waals surface area contributed by atoms with Gasteiger partial charge >= 0.3 is 6.18 Å². The Kier molecular flexibility index (Phi) is 7.38. The van der Waals surface area contributed by atoms with Crippen molar-refractivity contribution in [1.29, 1.82) is 0 Å². The molecule has 0 radical (unpaired) electrons. The largest absolute Gasteiger partial charge is 0.416 e. The number of hydrogen-bond acceptors (Lipinski definition) is 5. The number of aliphatic hydroxyl groups is 1. The molecule has 5 nitrogen and oxygen atoms in total. The molecule has 2 rings (SSSR count). The third-order valence-corrected chi connectivity index (χ3v) is 4.56. The van der Waals surface area contributed by atoms with Crippen LogP contribution in [0.2, 0.25) is 0 Å². The lowest BCUT2D eigenvalue weighted by Crippen LogP contribution is -2.33. The van der Waals surface area contributed by atoms with Gasteiger partial charge in [-0.3, -0.25) is 0 Å². The maximum atomic E-state index is 12.9. The predicted octanol–water partition coefficient (Wildman–Crippen LogP) is 4.59. The maximum Gasteiger partial charge on any atom is 0.416 e. The van der Waals surface area contributed by atoms with Gasteiger partial charge in [0.05, 0.1) is 17.7 Å². The van der Waals surface area contributed by atoms with Crippen LogP contribution in [0.1, 0.15) is 57.5 Å². The molecule has 1 aromatic heterocycles. The summed E-state index contributed by atoms with van der Waals surface area (Å²) < 4.78 is 44.1. The summed E-state index contributed by atoms with van der Waals surface area (Å²) in [6, 6.07) is 4.56. The first-order valence-electron chi connectivity index (χ1n) is 9.18. The fourth-order valence-electron chi connectivity index (χ4n) is 2.78. The lowest BCUT2D eigenvalue weighted by molar-refractivity contribution is -0.137. The SMILES string of the molecule is CCCC(O)CNC(c1nc(-c2cccc(C(F)(F)F)c2)no1)C(C)CC. The smallest absolute Gasteiger partial charge is 0.392 e. The van der Waals surface area contributed by atoms with Gasteiger partial charge in [0.25, 0.3) is 0 Å². The summed E-state index contributed by atoms with van der Waals surface area (Å²) in [7, 11) is 0. The molecular weight excluding hydrogens is 359 g/mol. The van der Waals surface area contributed by atoms with E-state index in [2.05, 4.69) is 15.5 Å².